The van der Waals surface area contributed by atoms with Crippen LogP contribution in [0.15, 0.2) is 4.79 Å². The van der Waals surface area contributed by atoms with Gasteiger partial charge in [0, 0.05) is 13.1 Å². The van der Waals surface area contributed by atoms with Gasteiger partial charge in [0.25, 0.3) is 5.56 Å². The number of hydrogen-bond acceptors (Lipinski definition) is 6. The van der Waals surface area contributed by atoms with Crippen LogP contribution in [0.1, 0.15) is 12.5 Å². The zero-order valence-electron chi connectivity index (χ0n) is 17.1. The molecule has 1 fully saturated rings. The summed E-state index contributed by atoms with van der Waals surface area (Å²) >= 11 is 0.528. The van der Waals surface area contributed by atoms with Gasteiger partial charge in [0.05, 0.1) is 36.0 Å². The van der Waals surface area contributed by atoms with E-state index >= 15 is 0 Å². The Labute approximate surface area is 186 Å². The Morgan fingerprint density at radius 3 is 2.18 bits per heavy atom. The van der Waals surface area contributed by atoms with Gasteiger partial charge in [0.2, 0.25) is 11.7 Å². The number of carbonyl (C=O) groups is 2. The van der Waals surface area contributed by atoms with Gasteiger partial charge in [-0.1, -0.05) is 0 Å². The molecule has 13 heteroatoms. The van der Waals surface area contributed by atoms with Crippen molar-refractivity contribution in [3.8, 4) is 0 Å². The Balaban J connectivity index is 2.16. The number of halogens is 5. The second kappa shape index (κ2) is 10.3. The summed E-state index contributed by atoms with van der Waals surface area (Å²) in [5.41, 5.74) is -2.28. The number of esters is 1. The van der Waals surface area contributed by atoms with Crippen LogP contribution in [0.5, 0.6) is 0 Å². The van der Waals surface area contributed by atoms with Gasteiger partial charge in [0.1, 0.15) is 11.2 Å². The second-order valence-electron chi connectivity index (χ2n) is 6.71. The zero-order chi connectivity index (χ0) is 24.3. The Morgan fingerprint density at radius 1 is 1.03 bits per heavy atom. The van der Waals surface area contributed by atoms with E-state index in [1.807, 2.05) is 0 Å². The molecule has 1 aliphatic rings. The third-order valence-corrected chi connectivity index (χ3v) is 5.70. The lowest BCUT2D eigenvalue weighted by molar-refractivity contribution is -0.136. The standard InChI is InChI=1S/C20H17F5N2O5S/c1-2-32-14(29)8-13-27(9-12(28)26-3-5-31-6-4-26)20(30)11(33-13)7-10-15(21)17(23)19(25)18(24)16(10)22/h7-8H,2-6,9H2,1H3. The predicted molar refractivity (Wildman–Crippen MR) is 106 cm³/mol. The molecule has 2 heterocycles. The van der Waals surface area contributed by atoms with Gasteiger partial charge >= 0.3 is 5.97 Å². The van der Waals surface area contributed by atoms with Crippen LogP contribution < -0.4 is 14.8 Å². The average molecular weight is 492 g/mol. The summed E-state index contributed by atoms with van der Waals surface area (Å²) in [6.45, 7) is 2.18. The molecular weight excluding hydrogens is 475 g/mol. The number of thiazole rings is 1. The van der Waals surface area contributed by atoms with Crippen molar-refractivity contribution in [1.82, 2.24) is 9.47 Å². The fourth-order valence-electron chi connectivity index (χ4n) is 3.01. The van der Waals surface area contributed by atoms with Crippen LogP contribution in [0, 0.1) is 29.1 Å². The van der Waals surface area contributed by atoms with Crippen molar-refractivity contribution in [2.24, 2.45) is 0 Å². The number of rotatable bonds is 5. The molecule has 0 N–H and O–H groups in total. The normalized spacial score (nSPS) is 15.3. The third-order valence-electron chi connectivity index (χ3n) is 4.64. The summed E-state index contributed by atoms with van der Waals surface area (Å²) in [7, 11) is 0. The van der Waals surface area contributed by atoms with Crippen LogP contribution in [-0.4, -0.2) is 54.3 Å². The molecule has 7 nitrogen and oxygen atoms in total. The monoisotopic (exact) mass is 492 g/mol. The minimum Gasteiger partial charge on any atom is -0.463 e. The largest absolute Gasteiger partial charge is 0.463 e. The molecule has 0 atom stereocenters. The van der Waals surface area contributed by atoms with Gasteiger partial charge in [-0.05, 0) is 13.0 Å². The number of amides is 1. The molecule has 33 heavy (non-hydrogen) atoms. The van der Waals surface area contributed by atoms with Crippen molar-refractivity contribution in [3.05, 3.63) is 54.2 Å². The number of hydrogen-bond donors (Lipinski definition) is 0. The summed E-state index contributed by atoms with van der Waals surface area (Å²) in [4.78, 5) is 38.8. The molecular formula is C20H17F5N2O5S. The Kier molecular flexibility index (Phi) is 7.64. The summed E-state index contributed by atoms with van der Waals surface area (Å²) in [6, 6.07) is 0. The second-order valence-corrected chi connectivity index (χ2v) is 7.78. The Bertz CT molecular complexity index is 1240. The third kappa shape index (κ3) is 5.14. The van der Waals surface area contributed by atoms with Gasteiger partial charge in [-0.25, -0.2) is 26.7 Å². The van der Waals surface area contributed by atoms with Crippen LogP contribution >= 0.6 is 11.3 Å². The summed E-state index contributed by atoms with van der Waals surface area (Å²) < 4.78 is 78.8. The average Bonchev–Trinajstić information content (AvgIpc) is 3.08. The molecule has 1 aromatic carbocycles. The van der Waals surface area contributed by atoms with E-state index < -0.39 is 63.2 Å². The molecule has 2 aromatic rings. The van der Waals surface area contributed by atoms with Gasteiger partial charge in [-0.3, -0.25) is 14.2 Å². The van der Waals surface area contributed by atoms with E-state index in [9.17, 15) is 36.3 Å². The van der Waals surface area contributed by atoms with Gasteiger partial charge in [0.15, 0.2) is 23.3 Å². The Hall–Kier alpha value is -3.06. The van der Waals surface area contributed by atoms with Crippen molar-refractivity contribution in [2.75, 3.05) is 32.9 Å². The molecule has 0 aliphatic carbocycles. The van der Waals surface area contributed by atoms with Crippen molar-refractivity contribution in [3.63, 3.8) is 0 Å². The maximum atomic E-state index is 14.1. The SMILES string of the molecule is CCOC(=O)C=c1sc(=Cc2c(F)c(F)c(F)c(F)c2F)c(=O)n1CC(=O)N1CCOCC1. The molecule has 1 amide bonds. The predicted octanol–water partition coefficient (Wildman–Crippen LogP) is 0.637. The maximum Gasteiger partial charge on any atom is 0.333 e. The smallest absolute Gasteiger partial charge is 0.333 e. The molecule has 0 spiro atoms. The van der Waals surface area contributed by atoms with Crippen LogP contribution in [0.4, 0.5) is 22.0 Å². The number of benzene rings is 1. The quantitative estimate of drug-likeness (QED) is 0.265. The molecule has 1 aliphatic heterocycles. The van der Waals surface area contributed by atoms with Crippen LogP contribution in [0.2, 0.25) is 0 Å². The van der Waals surface area contributed by atoms with E-state index in [1.165, 1.54) is 11.8 Å². The summed E-state index contributed by atoms with van der Waals surface area (Å²) in [5.74, 6) is -12.3. The first kappa shape index (κ1) is 24.6. The van der Waals surface area contributed by atoms with E-state index in [0.717, 1.165) is 10.6 Å². The molecule has 0 unspecified atom stereocenters. The fraction of sp³-hybridized carbons (Fsp3) is 0.350. The minimum atomic E-state index is -2.34. The van der Waals surface area contributed by atoms with E-state index in [2.05, 4.69) is 0 Å². The fourth-order valence-corrected chi connectivity index (χ4v) is 4.02. The molecule has 1 saturated heterocycles. The highest BCUT2D eigenvalue weighted by Gasteiger charge is 2.25. The molecule has 3 rings (SSSR count). The highest BCUT2D eigenvalue weighted by atomic mass is 32.1. The van der Waals surface area contributed by atoms with Crippen molar-refractivity contribution in [1.29, 1.82) is 0 Å². The van der Waals surface area contributed by atoms with Crippen molar-refractivity contribution >= 4 is 35.4 Å². The highest BCUT2D eigenvalue weighted by molar-refractivity contribution is 7.07. The number of carbonyl (C=O) groups excluding carboxylic acids is 2. The van der Waals surface area contributed by atoms with Crippen molar-refractivity contribution in [2.45, 2.75) is 13.5 Å². The van der Waals surface area contributed by atoms with Crippen LogP contribution in [0.3, 0.4) is 0 Å². The molecule has 0 radical (unpaired) electrons. The lowest BCUT2D eigenvalue weighted by Gasteiger charge is -2.26. The first-order valence-electron chi connectivity index (χ1n) is 9.62. The van der Waals surface area contributed by atoms with E-state index in [4.69, 9.17) is 9.47 Å². The van der Waals surface area contributed by atoms with E-state index in [-0.39, 0.29) is 24.4 Å². The molecule has 0 bridgehead atoms. The van der Waals surface area contributed by atoms with E-state index in [0.29, 0.717) is 30.6 Å². The molecule has 1 aromatic heterocycles. The van der Waals surface area contributed by atoms with Gasteiger partial charge < -0.3 is 14.4 Å². The zero-order valence-corrected chi connectivity index (χ0v) is 17.9. The molecule has 178 valence electrons. The first-order chi connectivity index (χ1) is 15.6. The lowest BCUT2D eigenvalue weighted by Crippen LogP contribution is -2.45. The number of nitrogens with zero attached hydrogens (tertiary/aromatic N) is 2. The highest BCUT2D eigenvalue weighted by Crippen LogP contribution is 2.23. The molecule has 0 saturated carbocycles. The van der Waals surface area contributed by atoms with Gasteiger partial charge in [-0.15, -0.1) is 11.3 Å². The minimum absolute atomic E-state index is 0.0151. The summed E-state index contributed by atoms with van der Waals surface area (Å²) in [5, 5.41) is 0. The van der Waals surface area contributed by atoms with E-state index in [1.54, 1.807) is 0 Å². The Morgan fingerprint density at radius 2 is 1.61 bits per heavy atom. The topological polar surface area (TPSA) is 77.8 Å². The van der Waals surface area contributed by atoms with Gasteiger partial charge in [-0.2, -0.15) is 0 Å². The first-order valence-corrected chi connectivity index (χ1v) is 10.4. The maximum absolute atomic E-state index is 14.1. The number of morpholine rings is 1. The van der Waals surface area contributed by atoms with Crippen molar-refractivity contribution < 1.29 is 41.0 Å². The lowest BCUT2D eigenvalue weighted by atomic mass is 10.1. The van der Waals surface area contributed by atoms with Crippen LogP contribution in [-0.2, 0) is 25.6 Å². The number of ether oxygens (including phenoxy) is 2. The summed E-state index contributed by atoms with van der Waals surface area (Å²) in [6.07, 6.45) is 1.39. The number of aromatic nitrogens is 1. The van der Waals surface area contributed by atoms with Crippen LogP contribution in [0.25, 0.3) is 12.2 Å².